The van der Waals surface area contributed by atoms with Crippen LogP contribution in [0.1, 0.15) is 40.0 Å². The molecule has 7 N–H and O–H groups in total. The molecule has 3 aliphatic rings. The zero-order chi connectivity index (χ0) is 31.9. The molecule has 16 nitrogen and oxygen atoms in total. The molecule has 8 atom stereocenters. The summed E-state index contributed by atoms with van der Waals surface area (Å²) in [4.78, 5) is 20.9. The lowest BCUT2D eigenvalue weighted by atomic mass is 9.97. The smallest absolute Gasteiger partial charge is 0.507 e. The van der Waals surface area contributed by atoms with Crippen LogP contribution in [0, 0.1) is 0 Å². The minimum Gasteiger partial charge on any atom is -0.507 e. The quantitative estimate of drug-likeness (QED) is 0.105. The molecule has 21 heteroatoms. The fraction of sp³-hybridized carbons (Fsp3) is 0.714. The average molecular weight is 634 g/mol. The molecule has 3 aliphatic heterocycles. The molecule has 6 radical (unpaired) electrons. The van der Waals surface area contributed by atoms with E-state index in [2.05, 4.69) is 0 Å². The Morgan fingerprint density at radius 2 is 1.05 bits per heavy atom. The van der Waals surface area contributed by atoms with Crippen LogP contribution < -0.4 is 0 Å². The summed E-state index contributed by atoms with van der Waals surface area (Å²) in [6.45, 7) is 1.87. The summed E-state index contributed by atoms with van der Waals surface area (Å²) in [7, 11) is 6.51. The lowest BCUT2D eigenvalue weighted by Gasteiger charge is -2.33. The van der Waals surface area contributed by atoms with Gasteiger partial charge in [-0.05, 0) is 19.3 Å². The molecule has 3 heterocycles. The van der Waals surface area contributed by atoms with Crippen molar-refractivity contribution in [1.82, 2.24) is 0 Å². The summed E-state index contributed by atoms with van der Waals surface area (Å²) in [6.07, 6.45) is -0.322. The van der Waals surface area contributed by atoms with E-state index < -0.39 is 105 Å². The van der Waals surface area contributed by atoms with Gasteiger partial charge in [0.05, 0.1) is 37.8 Å². The van der Waals surface area contributed by atoms with Crippen LogP contribution in [0.15, 0.2) is 34.6 Å². The van der Waals surface area contributed by atoms with Crippen LogP contribution in [-0.4, -0.2) is 113 Å². The van der Waals surface area contributed by atoms with E-state index in [-0.39, 0.29) is 19.3 Å². The van der Waals surface area contributed by atoms with Crippen LogP contribution >= 0.6 is 15.6 Å². The maximum atomic E-state index is 12.9. The monoisotopic (exact) mass is 634 g/mol. The summed E-state index contributed by atoms with van der Waals surface area (Å²) >= 11 is 0. The molecule has 0 amide bonds. The van der Waals surface area contributed by atoms with Gasteiger partial charge in [-0.2, -0.15) is 0 Å². The van der Waals surface area contributed by atoms with E-state index in [1.165, 1.54) is 20.8 Å². The lowest BCUT2D eigenvalue weighted by Crippen LogP contribution is -2.39. The number of rotatable bonds is 14. The number of aliphatic hydroxyl groups is 5. The second-order valence-electron chi connectivity index (χ2n) is 9.65. The van der Waals surface area contributed by atoms with Gasteiger partial charge in [0.15, 0.2) is 51.4 Å². The minimum atomic E-state index is -5.21. The molecule has 0 fully saturated rings. The van der Waals surface area contributed by atoms with Gasteiger partial charge in [0.2, 0.25) is 0 Å². The van der Waals surface area contributed by atoms with Crippen molar-refractivity contribution in [2.24, 2.45) is 0 Å². The summed E-state index contributed by atoms with van der Waals surface area (Å²) < 4.78 is 62.0. The molecule has 0 aromatic rings. The molecule has 0 saturated carbocycles. The molecule has 230 valence electrons. The van der Waals surface area contributed by atoms with Crippen molar-refractivity contribution < 1.29 is 76.8 Å². The van der Waals surface area contributed by atoms with Crippen LogP contribution in [0.2, 0.25) is 0 Å². The molecule has 3 rings (SSSR count). The first kappa shape index (κ1) is 34.8. The topological polar surface area (TPSA) is 240 Å². The summed E-state index contributed by atoms with van der Waals surface area (Å²) in [6, 6.07) is -4.53. The zero-order valence-electron chi connectivity index (χ0n) is 22.9. The van der Waals surface area contributed by atoms with Gasteiger partial charge >= 0.3 is 15.6 Å². The highest BCUT2D eigenvalue weighted by Crippen LogP contribution is 2.56. The van der Waals surface area contributed by atoms with Crippen molar-refractivity contribution in [1.29, 1.82) is 0 Å². The third-order valence-electron chi connectivity index (χ3n) is 7.14. The predicted octanol–water partition coefficient (Wildman–Crippen LogP) is 1.13. The molecule has 0 aromatic heterocycles. The molecule has 0 saturated heterocycles. The molecule has 42 heavy (non-hydrogen) atoms. The molecule has 0 bridgehead atoms. The Morgan fingerprint density at radius 3 is 1.43 bits per heavy atom. The number of phosphoric acid groups is 2. The Morgan fingerprint density at radius 1 is 0.690 bits per heavy atom. The SMILES string of the molecule is [B][C@@H]1OC(CC)(COP(=O)(O)OC2=C(O)[C@H]([B])OC2(CC)COP(=O)(O)OC2=C(O)[C@H]([B])O[C@]2(CC)CO)C(O)=C1O. The maximum absolute atomic E-state index is 12.9. The second-order valence-corrected chi connectivity index (χ2v) is 12.4. The Bertz CT molecular complexity index is 1240. The molecule has 0 aromatic carbocycles. The predicted molar refractivity (Wildman–Crippen MR) is 143 cm³/mol. The fourth-order valence-corrected chi connectivity index (χ4v) is 6.26. The molecule has 0 spiro atoms. The normalized spacial score (nSPS) is 36.4. The highest BCUT2D eigenvalue weighted by Gasteiger charge is 2.54. The molecular formula is C21H31B3O16P2. The van der Waals surface area contributed by atoms with Gasteiger partial charge in [0.1, 0.15) is 23.5 Å². The first-order valence-corrected chi connectivity index (χ1v) is 15.6. The number of ether oxygens (including phenoxy) is 3. The van der Waals surface area contributed by atoms with Crippen LogP contribution in [0.5, 0.6) is 0 Å². The molecule has 4 unspecified atom stereocenters. The van der Waals surface area contributed by atoms with Crippen molar-refractivity contribution >= 4 is 39.2 Å². The van der Waals surface area contributed by atoms with E-state index in [0.717, 1.165) is 0 Å². The Kier molecular flexibility index (Phi) is 10.3. The highest BCUT2D eigenvalue weighted by atomic mass is 31.2. The van der Waals surface area contributed by atoms with Crippen molar-refractivity contribution in [3.05, 3.63) is 34.6 Å². The van der Waals surface area contributed by atoms with Crippen molar-refractivity contribution in [2.75, 3.05) is 19.8 Å². The number of hydrogen-bond donors (Lipinski definition) is 7. The van der Waals surface area contributed by atoms with Crippen LogP contribution in [-0.2, 0) is 41.4 Å². The van der Waals surface area contributed by atoms with Crippen LogP contribution in [0.4, 0.5) is 0 Å². The van der Waals surface area contributed by atoms with Gasteiger partial charge in [-0.3, -0.25) is 18.8 Å². The Labute approximate surface area is 245 Å². The maximum Gasteiger partial charge on any atom is 0.527 e. The number of hydrogen-bond acceptors (Lipinski definition) is 14. The Balaban J connectivity index is 1.80. The van der Waals surface area contributed by atoms with E-state index in [9.17, 15) is 44.4 Å². The second kappa shape index (κ2) is 12.4. The van der Waals surface area contributed by atoms with Crippen LogP contribution in [0.25, 0.3) is 0 Å². The molecule has 0 aliphatic carbocycles. The number of aliphatic hydroxyl groups excluding tert-OH is 5. The van der Waals surface area contributed by atoms with Crippen molar-refractivity contribution in [3.8, 4) is 0 Å². The van der Waals surface area contributed by atoms with E-state index in [1.807, 2.05) is 0 Å². The molecular weight excluding hydrogens is 603 g/mol. The summed E-state index contributed by atoms with van der Waals surface area (Å²) in [5, 5.41) is 50.6. The highest BCUT2D eigenvalue weighted by molar-refractivity contribution is 7.47. The number of phosphoric ester groups is 2. The largest absolute Gasteiger partial charge is 0.527 e. The van der Waals surface area contributed by atoms with E-state index in [1.54, 1.807) is 0 Å². The average Bonchev–Trinajstić information content (AvgIpc) is 3.42. The summed E-state index contributed by atoms with van der Waals surface area (Å²) in [5.74, 6) is -4.49. The van der Waals surface area contributed by atoms with Gasteiger partial charge in [0.25, 0.3) is 0 Å². The lowest BCUT2D eigenvalue weighted by molar-refractivity contribution is -0.0740. The standard InChI is InChI=1S/C21H31B3O16P2/c1-4-19(7-25)14(11(27)17(23)36-19)39-42(32,33)35-9-21(6-3)15(12(28)18(24)38-21)40-41(30,31)34-8-20(5-2)13(29)10(26)16(22)37-20/h16-18,25-29H,4-9H2,1-3H3,(H,30,31)(H,32,33)/t16-,17-,18-,19-,20?,21?/m1/s1. The summed E-state index contributed by atoms with van der Waals surface area (Å²) in [5.41, 5.74) is -5.61. The van der Waals surface area contributed by atoms with Gasteiger partial charge in [-0.15, -0.1) is 0 Å². The van der Waals surface area contributed by atoms with Gasteiger partial charge in [-0.25, -0.2) is 9.13 Å². The van der Waals surface area contributed by atoms with E-state index in [4.69, 9.17) is 55.8 Å². The van der Waals surface area contributed by atoms with Crippen molar-refractivity contribution in [2.45, 2.75) is 74.8 Å². The third kappa shape index (κ3) is 6.41. The van der Waals surface area contributed by atoms with Crippen molar-refractivity contribution in [3.63, 3.8) is 0 Å². The zero-order valence-corrected chi connectivity index (χ0v) is 24.7. The van der Waals surface area contributed by atoms with Gasteiger partial charge < -0.3 is 48.8 Å². The van der Waals surface area contributed by atoms with Crippen LogP contribution in [0.3, 0.4) is 0 Å². The first-order chi connectivity index (χ1) is 19.4. The van der Waals surface area contributed by atoms with Gasteiger partial charge in [0, 0.05) is 0 Å². The Hall–Kier alpha value is -1.65. The van der Waals surface area contributed by atoms with E-state index >= 15 is 0 Å². The van der Waals surface area contributed by atoms with E-state index in [0.29, 0.717) is 0 Å². The fourth-order valence-electron chi connectivity index (χ4n) is 4.43. The third-order valence-corrected chi connectivity index (χ3v) is 8.87. The minimum absolute atomic E-state index is 0.0304. The van der Waals surface area contributed by atoms with Gasteiger partial charge in [-0.1, -0.05) is 20.8 Å². The first-order valence-electron chi connectivity index (χ1n) is 12.6.